The zero-order valence-corrected chi connectivity index (χ0v) is 9.79. The number of anilines is 2. The average Bonchev–Trinajstić information content (AvgIpc) is 2.24. The SMILES string of the molecule is Nc1nc(N(CC(=O)O)CC(F)(F)F)ccc1[N+](=O)[O-]. The van der Waals surface area contributed by atoms with Crippen LogP contribution in [0.5, 0.6) is 0 Å². The maximum atomic E-state index is 12.3. The Morgan fingerprint density at radius 1 is 1.50 bits per heavy atom. The number of rotatable bonds is 5. The molecule has 0 fully saturated rings. The van der Waals surface area contributed by atoms with Gasteiger partial charge in [0, 0.05) is 6.07 Å². The number of carboxylic acids is 1. The van der Waals surface area contributed by atoms with E-state index in [1.165, 1.54) is 0 Å². The van der Waals surface area contributed by atoms with Crippen molar-refractivity contribution in [3.05, 3.63) is 22.2 Å². The van der Waals surface area contributed by atoms with Crippen LogP contribution in [-0.2, 0) is 4.79 Å². The molecule has 0 saturated carbocycles. The summed E-state index contributed by atoms with van der Waals surface area (Å²) in [5, 5.41) is 19.1. The number of hydrogen-bond acceptors (Lipinski definition) is 6. The lowest BCUT2D eigenvalue weighted by Gasteiger charge is -2.23. The van der Waals surface area contributed by atoms with Gasteiger partial charge in [0.15, 0.2) is 0 Å². The molecule has 0 bridgehead atoms. The molecule has 110 valence electrons. The number of nitrogens with two attached hydrogens (primary N) is 1. The van der Waals surface area contributed by atoms with Gasteiger partial charge in [-0.15, -0.1) is 0 Å². The van der Waals surface area contributed by atoms with Crippen LogP contribution in [0.4, 0.5) is 30.5 Å². The van der Waals surface area contributed by atoms with Gasteiger partial charge >= 0.3 is 17.8 Å². The number of nitro groups is 1. The molecule has 0 spiro atoms. The predicted molar refractivity (Wildman–Crippen MR) is 61.2 cm³/mol. The maximum absolute atomic E-state index is 12.3. The number of pyridine rings is 1. The van der Waals surface area contributed by atoms with E-state index in [0.29, 0.717) is 4.90 Å². The van der Waals surface area contributed by atoms with Gasteiger partial charge in [0.2, 0.25) is 5.82 Å². The Morgan fingerprint density at radius 3 is 2.50 bits per heavy atom. The van der Waals surface area contributed by atoms with Crippen LogP contribution in [0.2, 0.25) is 0 Å². The highest BCUT2D eigenvalue weighted by Crippen LogP contribution is 2.25. The second-order valence-corrected chi connectivity index (χ2v) is 3.70. The Bertz CT molecular complexity index is 534. The van der Waals surface area contributed by atoms with E-state index in [1.807, 2.05) is 0 Å². The van der Waals surface area contributed by atoms with E-state index in [-0.39, 0.29) is 0 Å². The van der Waals surface area contributed by atoms with Crippen LogP contribution >= 0.6 is 0 Å². The standard InChI is InChI=1S/C9H9F3N4O4/c10-9(11,12)4-15(3-7(17)18)6-2-1-5(16(19)20)8(13)14-6/h1-2H,3-4H2,(H2,13,14)(H,17,18). The highest BCUT2D eigenvalue weighted by atomic mass is 19.4. The Labute approximate surface area is 109 Å². The molecular formula is C9H9F3N4O4. The van der Waals surface area contributed by atoms with Gasteiger partial charge in [0.05, 0.1) is 4.92 Å². The smallest absolute Gasteiger partial charge is 0.405 e. The quantitative estimate of drug-likeness (QED) is 0.614. The van der Waals surface area contributed by atoms with Crippen molar-refractivity contribution in [3.8, 4) is 0 Å². The van der Waals surface area contributed by atoms with Crippen LogP contribution < -0.4 is 10.6 Å². The number of aromatic nitrogens is 1. The summed E-state index contributed by atoms with van der Waals surface area (Å²) in [6.07, 6.45) is -4.66. The van der Waals surface area contributed by atoms with Crippen LogP contribution in [0, 0.1) is 10.1 Å². The lowest BCUT2D eigenvalue weighted by atomic mass is 10.3. The summed E-state index contributed by atoms with van der Waals surface area (Å²) in [5.41, 5.74) is 4.67. The van der Waals surface area contributed by atoms with Crippen molar-refractivity contribution in [1.29, 1.82) is 0 Å². The highest BCUT2D eigenvalue weighted by Gasteiger charge is 2.32. The van der Waals surface area contributed by atoms with Crippen molar-refractivity contribution in [2.45, 2.75) is 6.18 Å². The molecule has 3 N–H and O–H groups in total. The molecule has 0 aliphatic carbocycles. The Kier molecular flexibility index (Phi) is 4.32. The van der Waals surface area contributed by atoms with Crippen molar-refractivity contribution in [1.82, 2.24) is 4.98 Å². The molecule has 0 amide bonds. The summed E-state index contributed by atoms with van der Waals surface area (Å²) in [4.78, 5) is 24.0. The fraction of sp³-hybridized carbons (Fsp3) is 0.333. The van der Waals surface area contributed by atoms with E-state index >= 15 is 0 Å². The van der Waals surface area contributed by atoms with Crippen LogP contribution in [0.15, 0.2) is 12.1 Å². The van der Waals surface area contributed by atoms with Crippen molar-refractivity contribution >= 4 is 23.3 Å². The Morgan fingerprint density at radius 2 is 2.10 bits per heavy atom. The van der Waals surface area contributed by atoms with Crippen LogP contribution in [0.3, 0.4) is 0 Å². The first-order chi connectivity index (χ1) is 9.10. The molecule has 20 heavy (non-hydrogen) atoms. The molecular weight excluding hydrogens is 285 g/mol. The van der Waals surface area contributed by atoms with Gasteiger partial charge in [-0.1, -0.05) is 0 Å². The Hall–Kier alpha value is -2.59. The maximum Gasteiger partial charge on any atom is 0.405 e. The molecule has 0 aliphatic rings. The second kappa shape index (κ2) is 5.59. The van der Waals surface area contributed by atoms with E-state index in [9.17, 15) is 28.1 Å². The number of nitrogens with zero attached hydrogens (tertiary/aromatic N) is 3. The summed E-state index contributed by atoms with van der Waals surface area (Å²) in [6, 6.07) is 1.77. The third-order valence-electron chi connectivity index (χ3n) is 2.10. The van der Waals surface area contributed by atoms with Crippen molar-refractivity contribution in [2.24, 2.45) is 0 Å². The van der Waals surface area contributed by atoms with E-state index in [4.69, 9.17) is 10.8 Å². The van der Waals surface area contributed by atoms with Crippen molar-refractivity contribution < 1.29 is 28.0 Å². The van der Waals surface area contributed by atoms with E-state index < -0.39 is 47.5 Å². The van der Waals surface area contributed by atoms with E-state index in [0.717, 1.165) is 12.1 Å². The molecule has 1 aromatic heterocycles. The minimum absolute atomic E-state index is 0.405. The summed E-state index contributed by atoms with van der Waals surface area (Å²) in [7, 11) is 0. The molecule has 0 aliphatic heterocycles. The number of carboxylic acid groups (broad SMARTS) is 1. The highest BCUT2D eigenvalue weighted by molar-refractivity contribution is 5.73. The minimum Gasteiger partial charge on any atom is -0.480 e. The molecule has 0 atom stereocenters. The normalized spacial score (nSPS) is 11.2. The van der Waals surface area contributed by atoms with Gasteiger partial charge in [0.1, 0.15) is 18.9 Å². The number of nitrogen functional groups attached to an aromatic ring is 1. The number of hydrogen-bond donors (Lipinski definition) is 2. The predicted octanol–water partition coefficient (Wildman–Crippen LogP) is 1.03. The number of carbonyl (C=O) groups is 1. The van der Waals surface area contributed by atoms with Crippen LogP contribution in [0.25, 0.3) is 0 Å². The summed E-state index contributed by atoms with van der Waals surface area (Å²) in [6.45, 7) is -2.53. The third-order valence-corrected chi connectivity index (χ3v) is 2.10. The van der Waals surface area contributed by atoms with Crippen LogP contribution in [-0.4, -0.2) is 40.2 Å². The zero-order valence-electron chi connectivity index (χ0n) is 9.79. The monoisotopic (exact) mass is 294 g/mol. The van der Waals surface area contributed by atoms with Crippen LogP contribution in [0.1, 0.15) is 0 Å². The van der Waals surface area contributed by atoms with Gasteiger partial charge in [-0.2, -0.15) is 13.2 Å². The molecule has 1 aromatic rings. The summed E-state index contributed by atoms with van der Waals surface area (Å²) < 4.78 is 37.0. The lowest BCUT2D eigenvalue weighted by Crippen LogP contribution is -2.38. The molecule has 0 aromatic carbocycles. The number of aliphatic carboxylic acids is 1. The van der Waals surface area contributed by atoms with Gasteiger partial charge in [-0.3, -0.25) is 14.9 Å². The lowest BCUT2D eigenvalue weighted by molar-refractivity contribution is -0.384. The second-order valence-electron chi connectivity index (χ2n) is 3.70. The molecule has 11 heteroatoms. The number of halogens is 3. The molecule has 0 unspecified atom stereocenters. The molecule has 8 nitrogen and oxygen atoms in total. The average molecular weight is 294 g/mol. The Balaban J connectivity index is 3.10. The molecule has 0 radical (unpaired) electrons. The first-order valence-corrected chi connectivity index (χ1v) is 5.04. The first kappa shape index (κ1) is 15.5. The number of alkyl halides is 3. The summed E-state index contributed by atoms with van der Waals surface area (Å²) >= 11 is 0. The fourth-order valence-corrected chi connectivity index (χ4v) is 1.38. The van der Waals surface area contributed by atoms with Gasteiger partial charge in [-0.25, -0.2) is 4.98 Å². The van der Waals surface area contributed by atoms with Gasteiger partial charge < -0.3 is 15.7 Å². The van der Waals surface area contributed by atoms with E-state index in [1.54, 1.807) is 0 Å². The third kappa shape index (κ3) is 4.26. The minimum atomic E-state index is -4.66. The summed E-state index contributed by atoms with van der Waals surface area (Å²) in [5.74, 6) is -2.51. The molecule has 1 heterocycles. The molecule has 1 rings (SSSR count). The van der Waals surface area contributed by atoms with E-state index in [2.05, 4.69) is 4.98 Å². The topological polar surface area (TPSA) is 123 Å². The first-order valence-electron chi connectivity index (χ1n) is 5.04. The fourth-order valence-electron chi connectivity index (χ4n) is 1.38. The van der Waals surface area contributed by atoms with Crippen molar-refractivity contribution in [2.75, 3.05) is 23.7 Å². The zero-order chi connectivity index (χ0) is 15.5. The molecule has 0 saturated heterocycles. The van der Waals surface area contributed by atoms with Crippen molar-refractivity contribution in [3.63, 3.8) is 0 Å². The largest absolute Gasteiger partial charge is 0.480 e. The van der Waals surface area contributed by atoms with Gasteiger partial charge in [0.25, 0.3) is 0 Å². The van der Waals surface area contributed by atoms with Gasteiger partial charge in [-0.05, 0) is 6.07 Å².